The number of aromatic nitrogens is 3. The van der Waals surface area contributed by atoms with Gasteiger partial charge in [0.2, 0.25) is 11.8 Å². The number of anilines is 2. The molecule has 0 unspecified atom stereocenters. The molecule has 1 aromatic rings. The molecule has 4 N–H and O–H groups in total. The van der Waals surface area contributed by atoms with E-state index in [-0.39, 0.29) is 5.82 Å². The van der Waals surface area contributed by atoms with Crippen molar-refractivity contribution >= 4 is 11.8 Å². The van der Waals surface area contributed by atoms with Gasteiger partial charge in [0, 0.05) is 14.1 Å². The zero-order valence-electron chi connectivity index (χ0n) is 6.83. The van der Waals surface area contributed by atoms with Gasteiger partial charge in [-0.05, 0) is 0 Å². The molecule has 0 saturated carbocycles. The van der Waals surface area contributed by atoms with E-state index < -0.39 is 5.56 Å². The number of nitrogens with one attached hydrogen (secondary N) is 2. The number of hydrogen-bond acceptors (Lipinski definition) is 6. The summed E-state index contributed by atoms with van der Waals surface area (Å²) in [5.41, 5.74) is 1.73. The lowest BCUT2D eigenvalue weighted by molar-refractivity contribution is 0.888. The highest BCUT2D eigenvalue weighted by Crippen LogP contribution is 1.96. The average molecular weight is 170 g/mol. The van der Waals surface area contributed by atoms with Gasteiger partial charge in [0.1, 0.15) is 0 Å². The van der Waals surface area contributed by atoms with Gasteiger partial charge in [-0.25, -0.2) is 5.84 Å². The Balaban J connectivity index is 3.11. The van der Waals surface area contributed by atoms with E-state index in [9.17, 15) is 4.79 Å². The fourth-order valence-corrected chi connectivity index (χ4v) is 0.624. The maximum Gasteiger partial charge on any atom is 0.296 e. The highest BCUT2D eigenvalue weighted by molar-refractivity contribution is 5.32. The standard InChI is InChI=1S/C5H10N6O/c1-11(2)5-7-4(12)3(8-6)9-10-5/h6H2,1-2H3,(H,8,9)(H,7,10,12). The summed E-state index contributed by atoms with van der Waals surface area (Å²) in [4.78, 5) is 15.2. The van der Waals surface area contributed by atoms with Gasteiger partial charge in [-0.2, -0.15) is 0 Å². The number of nitrogens with two attached hydrogens (primary N) is 1. The van der Waals surface area contributed by atoms with Crippen LogP contribution in [0.4, 0.5) is 11.8 Å². The van der Waals surface area contributed by atoms with E-state index in [0.717, 1.165) is 0 Å². The van der Waals surface area contributed by atoms with Crippen molar-refractivity contribution in [3.63, 3.8) is 0 Å². The van der Waals surface area contributed by atoms with Crippen LogP contribution in [0.1, 0.15) is 0 Å². The van der Waals surface area contributed by atoms with Crippen LogP contribution in [-0.4, -0.2) is 29.3 Å². The van der Waals surface area contributed by atoms with Gasteiger partial charge < -0.3 is 10.3 Å². The number of nitrogen functional groups attached to an aromatic ring is 1. The van der Waals surface area contributed by atoms with Gasteiger partial charge in [0.05, 0.1) is 0 Å². The van der Waals surface area contributed by atoms with Gasteiger partial charge in [0.15, 0.2) is 0 Å². The molecule has 1 rings (SSSR count). The van der Waals surface area contributed by atoms with Gasteiger partial charge >= 0.3 is 0 Å². The average Bonchev–Trinajstić information content (AvgIpc) is 2.04. The lowest BCUT2D eigenvalue weighted by Crippen LogP contribution is -2.25. The van der Waals surface area contributed by atoms with E-state index in [2.05, 4.69) is 20.6 Å². The van der Waals surface area contributed by atoms with E-state index >= 15 is 0 Å². The molecule has 0 amide bonds. The molecule has 0 aliphatic rings. The largest absolute Gasteiger partial charge is 0.347 e. The summed E-state index contributed by atoms with van der Waals surface area (Å²) in [5, 5.41) is 7.23. The Morgan fingerprint density at radius 2 is 2.17 bits per heavy atom. The molecule has 0 spiro atoms. The lowest BCUT2D eigenvalue weighted by atomic mass is 10.7. The number of aromatic amines is 1. The third-order valence-corrected chi connectivity index (χ3v) is 1.25. The van der Waals surface area contributed by atoms with Crippen molar-refractivity contribution in [2.24, 2.45) is 5.84 Å². The van der Waals surface area contributed by atoms with Crippen LogP contribution in [0, 0.1) is 0 Å². The third kappa shape index (κ3) is 1.51. The van der Waals surface area contributed by atoms with Crippen LogP contribution < -0.4 is 21.7 Å². The van der Waals surface area contributed by atoms with Gasteiger partial charge in [-0.15, -0.1) is 10.2 Å². The molecule has 0 aromatic carbocycles. The van der Waals surface area contributed by atoms with Crippen molar-refractivity contribution in [2.75, 3.05) is 24.4 Å². The van der Waals surface area contributed by atoms with Crippen molar-refractivity contribution in [1.29, 1.82) is 0 Å². The molecule has 0 aliphatic heterocycles. The number of rotatable bonds is 2. The van der Waals surface area contributed by atoms with Gasteiger partial charge in [-0.1, -0.05) is 0 Å². The van der Waals surface area contributed by atoms with Crippen molar-refractivity contribution in [2.45, 2.75) is 0 Å². The van der Waals surface area contributed by atoms with E-state index in [1.165, 1.54) is 0 Å². The molecule has 1 aromatic heterocycles. The first-order chi connectivity index (χ1) is 5.65. The minimum Gasteiger partial charge on any atom is -0.347 e. The van der Waals surface area contributed by atoms with E-state index in [1.54, 1.807) is 19.0 Å². The number of hydrazine groups is 1. The van der Waals surface area contributed by atoms with E-state index in [1.807, 2.05) is 0 Å². The summed E-state index contributed by atoms with van der Waals surface area (Å²) in [6.45, 7) is 0. The zero-order chi connectivity index (χ0) is 9.14. The summed E-state index contributed by atoms with van der Waals surface area (Å²) in [6.07, 6.45) is 0. The molecule has 0 atom stereocenters. The first-order valence-electron chi connectivity index (χ1n) is 3.26. The van der Waals surface area contributed by atoms with Crippen LogP contribution in [0.3, 0.4) is 0 Å². The normalized spacial score (nSPS) is 9.58. The van der Waals surface area contributed by atoms with Gasteiger partial charge in [-0.3, -0.25) is 9.78 Å². The molecular weight excluding hydrogens is 160 g/mol. The number of nitrogens with zero attached hydrogens (tertiary/aromatic N) is 3. The minimum absolute atomic E-state index is 0.000556. The Bertz CT molecular complexity index is 318. The molecule has 7 heteroatoms. The van der Waals surface area contributed by atoms with Crippen LogP contribution in [-0.2, 0) is 0 Å². The highest BCUT2D eigenvalue weighted by atomic mass is 16.1. The molecular formula is C5H10N6O. The Morgan fingerprint density at radius 3 is 2.58 bits per heavy atom. The smallest absolute Gasteiger partial charge is 0.296 e. The fourth-order valence-electron chi connectivity index (χ4n) is 0.624. The monoisotopic (exact) mass is 170 g/mol. The second-order valence-electron chi connectivity index (χ2n) is 2.37. The van der Waals surface area contributed by atoms with Crippen molar-refractivity contribution < 1.29 is 0 Å². The number of H-pyrrole nitrogens is 1. The second kappa shape index (κ2) is 3.18. The van der Waals surface area contributed by atoms with E-state index in [0.29, 0.717) is 5.95 Å². The zero-order valence-corrected chi connectivity index (χ0v) is 6.83. The lowest BCUT2D eigenvalue weighted by Gasteiger charge is -2.08. The Kier molecular flexibility index (Phi) is 2.24. The summed E-state index contributed by atoms with van der Waals surface area (Å²) in [7, 11) is 3.49. The number of hydrogen-bond donors (Lipinski definition) is 3. The van der Waals surface area contributed by atoms with Crippen molar-refractivity contribution in [1.82, 2.24) is 15.2 Å². The first kappa shape index (κ1) is 8.47. The predicted octanol–water partition coefficient (Wildman–Crippen LogP) is -1.48. The molecule has 0 saturated heterocycles. The Morgan fingerprint density at radius 1 is 1.50 bits per heavy atom. The van der Waals surface area contributed by atoms with Crippen LogP contribution in [0.25, 0.3) is 0 Å². The van der Waals surface area contributed by atoms with Crippen LogP contribution in [0.5, 0.6) is 0 Å². The quantitative estimate of drug-likeness (QED) is 0.369. The SMILES string of the molecule is CN(C)c1nnc(NN)c(=O)[nH]1. The summed E-state index contributed by atoms with van der Waals surface area (Å²) in [5.74, 6) is 5.38. The summed E-state index contributed by atoms with van der Waals surface area (Å²) >= 11 is 0. The van der Waals surface area contributed by atoms with Crippen molar-refractivity contribution in [3.8, 4) is 0 Å². The molecule has 0 bridgehead atoms. The topological polar surface area (TPSA) is 99.9 Å². The van der Waals surface area contributed by atoms with E-state index in [4.69, 9.17) is 5.84 Å². The second-order valence-corrected chi connectivity index (χ2v) is 2.37. The third-order valence-electron chi connectivity index (χ3n) is 1.25. The minimum atomic E-state index is -0.392. The van der Waals surface area contributed by atoms with Crippen LogP contribution >= 0.6 is 0 Å². The maximum absolute atomic E-state index is 11.0. The maximum atomic E-state index is 11.0. The molecule has 7 nitrogen and oxygen atoms in total. The highest BCUT2D eigenvalue weighted by Gasteiger charge is 2.02. The molecule has 0 radical (unpaired) electrons. The molecule has 12 heavy (non-hydrogen) atoms. The molecule has 66 valence electrons. The van der Waals surface area contributed by atoms with Crippen molar-refractivity contribution in [3.05, 3.63) is 10.4 Å². The Hall–Kier alpha value is -1.63. The summed E-state index contributed by atoms with van der Waals surface area (Å²) in [6, 6.07) is 0. The Labute approximate surface area is 68.6 Å². The fraction of sp³-hybridized carbons (Fsp3) is 0.400. The predicted molar refractivity (Wildman–Crippen MR) is 44.8 cm³/mol. The first-order valence-corrected chi connectivity index (χ1v) is 3.26. The molecule has 0 fully saturated rings. The summed E-state index contributed by atoms with van der Waals surface area (Å²) < 4.78 is 0. The van der Waals surface area contributed by atoms with Crippen LogP contribution in [0.15, 0.2) is 4.79 Å². The molecule has 0 aliphatic carbocycles. The van der Waals surface area contributed by atoms with Crippen LogP contribution in [0.2, 0.25) is 0 Å². The van der Waals surface area contributed by atoms with Gasteiger partial charge in [0.25, 0.3) is 5.56 Å². The molecule has 1 heterocycles.